The summed E-state index contributed by atoms with van der Waals surface area (Å²) in [6.07, 6.45) is 1.20. The number of nitrogens with zero attached hydrogens (tertiary/aromatic N) is 1. The van der Waals surface area contributed by atoms with Crippen LogP contribution in [0, 0.1) is 0 Å². The lowest BCUT2D eigenvalue weighted by Crippen LogP contribution is -1.77. The zero-order valence-corrected chi connectivity index (χ0v) is 9.53. The summed E-state index contributed by atoms with van der Waals surface area (Å²) in [5.41, 5.74) is 0.739. The molecule has 0 aliphatic carbocycles. The van der Waals surface area contributed by atoms with E-state index < -0.39 is 0 Å². The van der Waals surface area contributed by atoms with E-state index in [4.69, 9.17) is 32.8 Å². The summed E-state index contributed by atoms with van der Waals surface area (Å²) in [5, 5.41) is 12.3. The topological polar surface area (TPSA) is 45.7 Å². The second-order valence-electron chi connectivity index (χ2n) is 3.07. The first-order chi connectivity index (χ1) is 7.70. The smallest absolute Gasteiger partial charge is 0.149 e. The molecule has 0 bridgehead atoms. The van der Waals surface area contributed by atoms with E-state index in [0.717, 1.165) is 5.56 Å². The highest BCUT2D eigenvalue weighted by Gasteiger charge is 2.08. The lowest BCUT2D eigenvalue weighted by atomic mass is 10.2. The minimum Gasteiger partial charge on any atom is -0.455 e. The molecule has 16 heavy (non-hydrogen) atoms. The van der Waals surface area contributed by atoms with Gasteiger partial charge < -0.3 is 9.62 Å². The molecule has 1 aromatic heterocycles. The van der Waals surface area contributed by atoms with Crippen LogP contribution in [0.15, 0.2) is 39.9 Å². The molecular weight excluding hydrogens is 249 g/mol. The van der Waals surface area contributed by atoms with Gasteiger partial charge in [0.25, 0.3) is 0 Å². The molecule has 0 unspecified atom stereocenters. The Morgan fingerprint density at radius 2 is 2.00 bits per heavy atom. The fraction of sp³-hybridized carbons (Fsp3) is 0. The van der Waals surface area contributed by atoms with E-state index in [9.17, 15) is 0 Å². The Morgan fingerprint density at radius 3 is 2.69 bits per heavy atom. The highest BCUT2D eigenvalue weighted by atomic mass is 35.5. The molecule has 0 aliphatic rings. The van der Waals surface area contributed by atoms with Gasteiger partial charge in [-0.1, -0.05) is 28.4 Å². The van der Waals surface area contributed by atoms with Crippen LogP contribution < -0.4 is 0 Å². The minimum absolute atomic E-state index is 0.448. The predicted molar refractivity (Wildman–Crippen MR) is 63.5 cm³/mol. The van der Waals surface area contributed by atoms with Gasteiger partial charge in [0.1, 0.15) is 17.7 Å². The van der Waals surface area contributed by atoms with Crippen molar-refractivity contribution in [3.05, 3.63) is 46.1 Å². The normalized spacial score (nSPS) is 11.1. The molecule has 0 aliphatic heterocycles. The van der Waals surface area contributed by atoms with Crippen molar-refractivity contribution in [1.82, 2.24) is 0 Å². The first kappa shape index (κ1) is 11.0. The maximum absolute atomic E-state index is 8.36. The van der Waals surface area contributed by atoms with Crippen molar-refractivity contribution in [2.75, 3.05) is 0 Å². The number of halogens is 2. The highest BCUT2D eigenvalue weighted by Crippen LogP contribution is 2.31. The molecule has 1 N–H and O–H groups in total. The molecule has 0 atom stereocenters. The van der Waals surface area contributed by atoms with E-state index in [-0.39, 0.29) is 0 Å². The zero-order valence-electron chi connectivity index (χ0n) is 8.02. The molecule has 1 aromatic carbocycles. The number of hydrogen-bond donors (Lipinski definition) is 1. The van der Waals surface area contributed by atoms with E-state index in [1.807, 2.05) is 0 Å². The Kier molecular flexibility index (Phi) is 3.17. The van der Waals surface area contributed by atoms with Crippen molar-refractivity contribution in [1.29, 1.82) is 0 Å². The maximum atomic E-state index is 8.36. The number of furan rings is 1. The van der Waals surface area contributed by atoms with Crippen molar-refractivity contribution in [2.24, 2.45) is 5.16 Å². The highest BCUT2D eigenvalue weighted by molar-refractivity contribution is 6.36. The molecule has 1 heterocycles. The van der Waals surface area contributed by atoms with E-state index in [0.29, 0.717) is 21.6 Å². The largest absolute Gasteiger partial charge is 0.455 e. The van der Waals surface area contributed by atoms with Crippen molar-refractivity contribution in [3.63, 3.8) is 0 Å². The average Bonchev–Trinajstić information content (AvgIpc) is 2.67. The number of oxime groups is 1. The molecule has 0 spiro atoms. The van der Waals surface area contributed by atoms with Gasteiger partial charge in [0.05, 0.1) is 5.02 Å². The molecule has 0 saturated heterocycles. The van der Waals surface area contributed by atoms with E-state index in [1.54, 1.807) is 30.3 Å². The second kappa shape index (κ2) is 4.60. The first-order valence-corrected chi connectivity index (χ1v) is 5.19. The number of rotatable bonds is 2. The van der Waals surface area contributed by atoms with Crippen LogP contribution >= 0.6 is 23.2 Å². The molecule has 2 aromatic rings. The van der Waals surface area contributed by atoms with Crippen LogP contribution in [0.3, 0.4) is 0 Å². The van der Waals surface area contributed by atoms with Crippen molar-refractivity contribution in [2.45, 2.75) is 0 Å². The van der Waals surface area contributed by atoms with Gasteiger partial charge in [0, 0.05) is 10.6 Å². The monoisotopic (exact) mass is 255 g/mol. The SMILES string of the molecule is ON=Cc1ccc(-c2ccc(Cl)cc2Cl)o1. The lowest BCUT2D eigenvalue weighted by molar-refractivity contribution is 0.321. The van der Waals surface area contributed by atoms with E-state index in [1.165, 1.54) is 6.21 Å². The lowest BCUT2D eigenvalue weighted by Gasteiger charge is -2.00. The summed E-state index contributed by atoms with van der Waals surface area (Å²) >= 11 is 11.8. The summed E-state index contributed by atoms with van der Waals surface area (Å²) < 4.78 is 5.39. The molecule has 0 radical (unpaired) electrons. The molecular formula is C11H7Cl2NO2. The van der Waals surface area contributed by atoms with Crippen LogP contribution in [-0.2, 0) is 0 Å². The number of hydrogen-bond acceptors (Lipinski definition) is 3. The van der Waals surface area contributed by atoms with Gasteiger partial charge in [-0.2, -0.15) is 0 Å². The van der Waals surface area contributed by atoms with Gasteiger partial charge in [-0.15, -0.1) is 0 Å². The van der Waals surface area contributed by atoms with Crippen LogP contribution in [0.25, 0.3) is 11.3 Å². The Labute approximate surface area is 102 Å². The van der Waals surface area contributed by atoms with Gasteiger partial charge >= 0.3 is 0 Å². The predicted octanol–water partition coefficient (Wildman–Crippen LogP) is 4.06. The first-order valence-electron chi connectivity index (χ1n) is 4.43. The average molecular weight is 256 g/mol. The standard InChI is InChI=1S/C11H7Cl2NO2/c12-7-1-3-9(10(13)5-7)11-4-2-8(16-11)6-14-15/h1-6,15H. The van der Waals surface area contributed by atoms with Crippen LogP contribution in [0.2, 0.25) is 10.0 Å². The summed E-state index contributed by atoms with van der Waals surface area (Å²) in [4.78, 5) is 0. The molecule has 0 amide bonds. The third-order valence-electron chi connectivity index (χ3n) is 2.01. The second-order valence-corrected chi connectivity index (χ2v) is 3.91. The Hall–Kier alpha value is -1.45. The van der Waals surface area contributed by atoms with Crippen LogP contribution in [0.4, 0.5) is 0 Å². The molecule has 82 valence electrons. The summed E-state index contributed by atoms with van der Waals surface area (Å²) in [6.45, 7) is 0. The van der Waals surface area contributed by atoms with Gasteiger partial charge in [-0.25, -0.2) is 0 Å². The zero-order chi connectivity index (χ0) is 11.5. The third kappa shape index (κ3) is 2.21. The number of benzene rings is 1. The summed E-state index contributed by atoms with van der Waals surface area (Å²) in [6, 6.07) is 8.56. The quantitative estimate of drug-likeness (QED) is 0.500. The Bertz CT molecular complexity index is 535. The fourth-order valence-corrected chi connectivity index (χ4v) is 1.81. The van der Waals surface area contributed by atoms with Gasteiger partial charge in [0.2, 0.25) is 0 Å². The summed E-state index contributed by atoms with van der Waals surface area (Å²) in [5.74, 6) is 1.04. The molecule has 0 saturated carbocycles. The van der Waals surface area contributed by atoms with Gasteiger partial charge in [-0.05, 0) is 30.3 Å². The van der Waals surface area contributed by atoms with Gasteiger partial charge in [0.15, 0.2) is 0 Å². The molecule has 0 fully saturated rings. The third-order valence-corrected chi connectivity index (χ3v) is 2.56. The van der Waals surface area contributed by atoms with Crippen molar-refractivity contribution in [3.8, 4) is 11.3 Å². The molecule has 3 nitrogen and oxygen atoms in total. The minimum atomic E-state index is 0.448. The Balaban J connectivity index is 2.42. The van der Waals surface area contributed by atoms with Crippen LogP contribution in [0.1, 0.15) is 5.76 Å². The summed E-state index contributed by atoms with van der Waals surface area (Å²) in [7, 11) is 0. The van der Waals surface area contributed by atoms with Crippen LogP contribution in [0.5, 0.6) is 0 Å². The van der Waals surface area contributed by atoms with Crippen LogP contribution in [-0.4, -0.2) is 11.4 Å². The van der Waals surface area contributed by atoms with Crippen molar-refractivity contribution < 1.29 is 9.62 Å². The molecule has 2 rings (SSSR count). The fourth-order valence-electron chi connectivity index (χ4n) is 1.31. The van der Waals surface area contributed by atoms with Crippen molar-refractivity contribution >= 4 is 29.4 Å². The Morgan fingerprint density at radius 1 is 1.19 bits per heavy atom. The molecule has 5 heteroatoms. The maximum Gasteiger partial charge on any atom is 0.149 e. The van der Waals surface area contributed by atoms with Gasteiger partial charge in [-0.3, -0.25) is 0 Å². The van der Waals surface area contributed by atoms with E-state index in [2.05, 4.69) is 5.16 Å². The van der Waals surface area contributed by atoms with E-state index >= 15 is 0 Å².